The molecular formula is C20H29N5O2S. The summed E-state index contributed by atoms with van der Waals surface area (Å²) in [6.07, 6.45) is 4.59. The number of nitrogens with zero attached hydrogens (tertiary/aromatic N) is 3. The van der Waals surface area contributed by atoms with Crippen LogP contribution in [0.15, 0.2) is 40.2 Å². The van der Waals surface area contributed by atoms with E-state index >= 15 is 0 Å². The fourth-order valence-corrected chi connectivity index (χ4v) is 3.40. The first-order chi connectivity index (χ1) is 13.5. The van der Waals surface area contributed by atoms with Gasteiger partial charge in [0.25, 0.3) is 5.56 Å². The molecular weight excluding hydrogens is 374 g/mol. The Balaban J connectivity index is 2.03. The molecule has 152 valence electrons. The van der Waals surface area contributed by atoms with Crippen LogP contribution in [0.3, 0.4) is 0 Å². The summed E-state index contributed by atoms with van der Waals surface area (Å²) in [5, 5.41) is 3.82. The van der Waals surface area contributed by atoms with E-state index in [-0.39, 0.29) is 10.8 Å². The summed E-state index contributed by atoms with van der Waals surface area (Å²) in [5.74, 6) is 0. The number of aromatic nitrogens is 2. The Morgan fingerprint density at radius 1 is 1.18 bits per heavy atom. The zero-order valence-electron chi connectivity index (χ0n) is 17.0. The van der Waals surface area contributed by atoms with E-state index < -0.39 is 0 Å². The predicted octanol–water partition coefficient (Wildman–Crippen LogP) is 3.74. The molecule has 0 saturated heterocycles. The first kappa shape index (κ1) is 22.0. The Labute approximate surface area is 170 Å². The van der Waals surface area contributed by atoms with Crippen molar-refractivity contribution in [3.05, 3.63) is 51.9 Å². The first-order valence-electron chi connectivity index (χ1n) is 9.55. The Morgan fingerprint density at radius 3 is 2.57 bits per heavy atom. The first-order valence-corrected chi connectivity index (χ1v) is 10.4. The summed E-state index contributed by atoms with van der Waals surface area (Å²) < 4.78 is 6.42. The molecule has 0 unspecified atom stereocenters. The van der Waals surface area contributed by atoms with Crippen LogP contribution in [-0.2, 0) is 7.05 Å². The topological polar surface area (TPSA) is 80.4 Å². The van der Waals surface area contributed by atoms with Gasteiger partial charge in [-0.3, -0.25) is 19.0 Å². The lowest BCUT2D eigenvalue weighted by molar-refractivity contribution is 0.261. The predicted molar refractivity (Wildman–Crippen MR) is 116 cm³/mol. The maximum absolute atomic E-state index is 12.9. The third-order valence-corrected chi connectivity index (χ3v) is 5.15. The van der Waals surface area contributed by atoms with Crippen molar-refractivity contribution in [2.45, 2.75) is 46.5 Å². The molecule has 0 bridgehead atoms. The largest absolute Gasteiger partial charge is 0.314 e. The molecule has 7 nitrogen and oxygen atoms in total. The number of hydrogen-bond acceptors (Lipinski definition) is 5. The van der Waals surface area contributed by atoms with Gasteiger partial charge in [-0.05, 0) is 32.4 Å². The normalized spacial score (nSPS) is 11.6. The van der Waals surface area contributed by atoms with Crippen LogP contribution < -0.4 is 15.7 Å². The number of rotatable bonds is 9. The third kappa shape index (κ3) is 5.59. The van der Waals surface area contributed by atoms with E-state index in [0.717, 1.165) is 42.7 Å². The molecule has 0 atom stereocenters. The standard InChI is InChI=1S/C20H29N5O2S/c1-5-6-7-11-14-21-28-20(27)23-22-15(2)18-16(3)24(4)25(19(18)26)17-12-9-8-10-13-17/h8-10,12-13,21H,5-7,11,14H2,1-4H3,(H,23,27)/b22-15+. The van der Waals surface area contributed by atoms with E-state index in [1.807, 2.05) is 44.3 Å². The molecule has 2 N–H and O–H groups in total. The lowest BCUT2D eigenvalue weighted by atomic mass is 10.2. The molecule has 2 aromatic rings. The van der Waals surface area contributed by atoms with Gasteiger partial charge < -0.3 is 0 Å². The Kier molecular flexibility index (Phi) is 8.53. The Morgan fingerprint density at radius 2 is 1.89 bits per heavy atom. The highest BCUT2D eigenvalue weighted by Crippen LogP contribution is 2.11. The van der Waals surface area contributed by atoms with E-state index in [1.54, 1.807) is 16.3 Å². The van der Waals surface area contributed by atoms with Crippen LogP contribution in [-0.4, -0.2) is 26.9 Å². The molecule has 1 aromatic carbocycles. The molecule has 0 saturated carbocycles. The van der Waals surface area contributed by atoms with E-state index in [2.05, 4.69) is 22.2 Å². The molecule has 1 heterocycles. The van der Waals surface area contributed by atoms with Crippen molar-refractivity contribution in [3.63, 3.8) is 0 Å². The molecule has 0 aliphatic rings. The number of carbonyl (C=O) groups is 1. The van der Waals surface area contributed by atoms with E-state index in [9.17, 15) is 9.59 Å². The SMILES string of the molecule is CCCCCCNSC(=O)N/N=C(\C)c1c(C)n(C)n(-c2ccccc2)c1=O. The lowest BCUT2D eigenvalue weighted by Gasteiger charge is -2.07. The van der Waals surface area contributed by atoms with Gasteiger partial charge in [0.05, 0.1) is 17.0 Å². The van der Waals surface area contributed by atoms with E-state index in [1.165, 1.54) is 12.8 Å². The summed E-state index contributed by atoms with van der Waals surface area (Å²) in [5.41, 5.74) is 4.87. The number of para-hydroxylation sites is 1. The summed E-state index contributed by atoms with van der Waals surface area (Å²) >= 11 is 0.990. The molecule has 0 aliphatic heterocycles. The molecule has 0 radical (unpaired) electrons. The quantitative estimate of drug-likeness (QED) is 0.289. The number of nitrogens with one attached hydrogen (secondary N) is 2. The van der Waals surface area contributed by atoms with Crippen molar-refractivity contribution < 1.29 is 4.79 Å². The van der Waals surface area contributed by atoms with Gasteiger partial charge in [-0.25, -0.2) is 10.1 Å². The van der Waals surface area contributed by atoms with Crippen molar-refractivity contribution in [1.29, 1.82) is 0 Å². The molecule has 2 rings (SSSR count). The second-order valence-electron chi connectivity index (χ2n) is 6.59. The molecule has 28 heavy (non-hydrogen) atoms. The zero-order chi connectivity index (χ0) is 20.5. The van der Waals surface area contributed by atoms with Crippen molar-refractivity contribution >= 4 is 22.9 Å². The van der Waals surface area contributed by atoms with Crippen LogP contribution in [0.5, 0.6) is 0 Å². The van der Waals surface area contributed by atoms with Crippen LogP contribution in [0.4, 0.5) is 4.79 Å². The molecule has 1 aromatic heterocycles. The summed E-state index contributed by atoms with van der Waals surface area (Å²) in [6.45, 7) is 6.53. The number of carbonyl (C=O) groups excluding carboxylic acids is 1. The van der Waals surface area contributed by atoms with Gasteiger partial charge in [0.15, 0.2) is 0 Å². The minimum atomic E-state index is -0.299. The van der Waals surface area contributed by atoms with Crippen LogP contribution in [0.25, 0.3) is 5.69 Å². The van der Waals surface area contributed by atoms with Gasteiger partial charge in [0, 0.05) is 31.2 Å². The smallest absolute Gasteiger partial charge is 0.285 e. The number of unbranched alkanes of at least 4 members (excludes halogenated alkanes) is 3. The highest BCUT2D eigenvalue weighted by atomic mass is 32.2. The van der Waals surface area contributed by atoms with E-state index in [0.29, 0.717) is 11.3 Å². The minimum Gasteiger partial charge on any atom is -0.285 e. The van der Waals surface area contributed by atoms with Crippen molar-refractivity contribution in [2.24, 2.45) is 12.1 Å². The van der Waals surface area contributed by atoms with Crippen molar-refractivity contribution in [2.75, 3.05) is 6.54 Å². The third-order valence-electron chi connectivity index (χ3n) is 4.53. The van der Waals surface area contributed by atoms with Gasteiger partial charge in [-0.2, -0.15) is 5.10 Å². The Bertz CT molecular complexity index is 871. The summed E-state index contributed by atoms with van der Waals surface area (Å²) in [6, 6.07) is 9.43. The van der Waals surface area contributed by atoms with Gasteiger partial charge in [0.1, 0.15) is 0 Å². The molecule has 0 spiro atoms. The summed E-state index contributed by atoms with van der Waals surface area (Å²) in [4.78, 5) is 24.9. The number of benzene rings is 1. The van der Waals surface area contributed by atoms with Crippen LogP contribution in [0.2, 0.25) is 0 Å². The summed E-state index contributed by atoms with van der Waals surface area (Å²) in [7, 11) is 1.83. The van der Waals surface area contributed by atoms with Gasteiger partial charge in [-0.1, -0.05) is 44.4 Å². The van der Waals surface area contributed by atoms with Crippen LogP contribution in [0.1, 0.15) is 50.8 Å². The average Bonchev–Trinajstić information content (AvgIpc) is 2.92. The molecule has 8 heteroatoms. The van der Waals surface area contributed by atoms with Gasteiger partial charge in [-0.15, -0.1) is 0 Å². The fraction of sp³-hybridized carbons (Fsp3) is 0.450. The Hall–Kier alpha value is -2.32. The van der Waals surface area contributed by atoms with Gasteiger partial charge >= 0.3 is 5.24 Å². The second-order valence-corrected chi connectivity index (χ2v) is 7.45. The highest BCUT2D eigenvalue weighted by molar-refractivity contribution is 8.11. The van der Waals surface area contributed by atoms with E-state index in [4.69, 9.17) is 0 Å². The number of hydrogen-bond donors (Lipinski definition) is 2. The maximum Gasteiger partial charge on any atom is 0.314 e. The fourth-order valence-electron chi connectivity index (χ4n) is 2.93. The maximum atomic E-state index is 12.9. The minimum absolute atomic E-state index is 0.164. The molecule has 1 amide bonds. The number of amides is 1. The lowest BCUT2D eigenvalue weighted by Crippen LogP contribution is -2.24. The second kappa shape index (κ2) is 10.9. The molecule has 0 fully saturated rings. The van der Waals surface area contributed by atoms with Crippen molar-refractivity contribution in [1.82, 2.24) is 19.5 Å². The highest BCUT2D eigenvalue weighted by Gasteiger charge is 2.18. The van der Waals surface area contributed by atoms with Crippen LogP contribution >= 0.6 is 11.9 Å². The van der Waals surface area contributed by atoms with Gasteiger partial charge in [0.2, 0.25) is 0 Å². The molecule has 0 aliphatic carbocycles. The zero-order valence-corrected chi connectivity index (χ0v) is 17.8. The monoisotopic (exact) mass is 403 g/mol. The average molecular weight is 404 g/mol. The van der Waals surface area contributed by atoms with Crippen molar-refractivity contribution in [3.8, 4) is 5.69 Å². The number of hydrazone groups is 1. The van der Waals surface area contributed by atoms with Crippen LogP contribution in [0, 0.1) is 6.92 Å².